The van der Waals surface area contributed by atoms with Crippen LogP contribution in [0.5, 0.6) is 11.5 Å². The van der Waals surface area contributed by atoms with Gasteiger partial charge in [-0.1, -0.05) is 12.1 Å². The van der Waals surface area contributed by atoms with Crippen LogP contribution in [0, 0.1) is 0 Å². The van der Waals surface area contributed by atoms with E-state index < -0.39 is 0 Å². The third-order valence-corrected chi connectivity index (χ3v) is 2.75. The van der Waals surface area contributed by atoms with Gasteiger partial charge < -0.3 is 24.8 Å². The molecule has 7 heteroatoms. The molecular formula is C15H25ClN2O4. The molecule has 1 atom stereocenters. The van der Waals surface area contributed by atoms with Crippen molar-refractivity contribution in [2.24, 2.45) is 0 Å². The summed E-state index contributed by atoms with van der Waals surface area (Å²) in [6.45, 7) is 3.83. The molecule has 1 amide bonds. The molecule has 0 saturated heterocycles. The van der Waals surface area contributed by atoms with Crippen molar-refractivity contribution in [3.63, 3.8) is 0 Å². The third-order valence-electron chi connectivity index (χ3n) is 2.75. The Bertz CT molecular complexity index is 432. The maximum atomic E-state index is 11.6. The monoisotopic (exact) mass is 332 g/mol. The number of halogens is 1. The lowest BCUT2D eigenvalue weighted by Gasteiger charge is -2.17. The first-order chi connectivity index (χ1) is 10.2. The van der Waals surface area contributed by atoms with Crippen molar-refractivity contribution in [1.29, 1.82) is 0 Å². The zero-order valence-electron chi connectivity index (χ0n) is 13.3. The summed E-state index contributed by atoms with van der Waals surface area (Å²) in [6, 6.07) is 7.43. The van der Waals surface area contributed by atoms with E-state index in [1.165, 1.54) is 0 Å². The molecule has 0 heterocycles. The van der Waals surface area contributed by atoms with Crippen LogP contribution in [-0.4, -0.2) is 52.5 Å². The molecule has 0 spiro atoms. The number of amides is 1. The number of rotatable bonds is 10. The number of carbonyl (C=O) groups excluding carboxylic acids is 1. The zero-order chi connectivity index (χ0) is 15.5. The average Bonchev–Trinajstić information content (AvgIpc) is 2.50. The molecule has 1 unspecified atom stereocenters. The standard InChI is InChI=1S/C15H24N2O4.ClH/c1-12(10-17-15(18)11-16-8-9-19-2)21-14-7-5-4-6-13(14)20-3;/h4-7,12,16H,8-11H2,1-3H3,(H,17,18);1H. The van der Waals surface area contributed by atoms with Crippen molar-refractivity contribution in [2.75, 3.05) is 40.5 Å². The smallest absolute Gasteiger partial charge is 0.234 e. The first-order valence-electron chi connectivity index (χ1n) is 6.93. The van der Waals surface area contributed by atoms with Crippen LogP contribution in [-0.2, 0) is 9.53 Å². The molecule has 2 N–H and O–H groups in total. The van der Waals surface area contributed by atoms with E-state index in [0.29, 0.717) is 31.2 Å². The second-order valence-electron chi connectivity index (χ2n) is 4.55. The van der Waals surface area contributed by atoms with Gasteiger partial charge in [-0.15, -0.1) is 12.4 Å². The number of para-hydroxylation sites is 2. The number of hydrogen-bond acceptors (Lipinski definition) is 5. The van der Waals surface area contributed by atoms with E-state index in [4.69, 9.17) is 14.2 Å². The summed E-state index contributed by atoms with van der Waals surface area (Å²) in [5.74, 6) is 1.28. The van der Waals surface area contributed by atoms with Crippen LogP contribution in [0.3, 0.4) is 0 Å². The van der Waals surface area contributed by atoms with Crippen molar-refractivity contribution in [2.45, 2.75) is 13.0 Å². The van der Waals surface area contributed by atoms with E-state index in [0.717, 1.165) is 0 Å². The highest BCUT2D eigenvalue weighted by Crippen LogP contribution is 2.26. The van der Waals surface area contributed by atoms with Crippen molar-refractivity contribution < 1.29 is 19.0 Å². The Morgan fingerprint density at radius 3 is 2.55 bits per heavy atom. The number of methoxy groups -OCH3 is 2. The zero-order valence-corrected chi connectivity index (χ0v) is 14.1. The van der Waals surface area contributed by atoms with Crippen molar-refractivity contribution in [3.8, 4) is 11.5 Å². The van der Waals surface area contributed by atoms with Gasteiger partial charge in [-0.2, -0.15) is 0 Å². The van der Waals surface area contributed by atoms with Gasteiger partial charge in [0.25, 0.3) is 0 Å². The lowest BCUT2D eigenvalue weighted by atomic mass is 10.3. The van der Waals surface area contributed by atoms with Gasteiger partial charge >= 0.3 is 0 Å². The number of nitrogens with one attached hydrogen (secondary N) is 2. The van der Waals surface area contributed by atoms with Gasteiger partial charge in [-0.25, -0.2) is 0 Å². The van der Waals surface area contributed by atoms with Crippen LogP contribution < -0.4 is 20.1 Å². The molecule has 1 aromatic rings. The lowest BCUT2D eigenvalue weighted by Crippen LogP contribution is -2.39. The van der Waals surface area contributed by atoms with Crippen LogP contribution in [0.2, 0.25) is 0 Å². The van der Waals surface area contributed by atoms with Crippen molar-refractivity contribution in [1.82, 2.24) is 10.6 Å². The van der Waals surface area contributed by atoms with Crippen molar-refractivity contribution >= 4 is 18.3 Å². The van der Waals surface area contributed by atoms with Crippen LogP contribution in [0.15, 0.2) is 24.3 Å². The summed E-state index contributed by atoms with van der Waals surface area (Å²) in [5, 5.41) is 5.79. The Hall–Kier alpha value is -1.50. The fraction of sp³-hybridized carbons (Fsp3) is 0.533. The second kappa shape index (κ2) is 12.1. The van der Waals surface area contributed by atoms with E-state index in [9.17, 15) is 4.79 Å². The molecule has 0 radical (unpaired) electrons. The summed E-state index contributed by atoms with van der Waals surface area (Å²) in [6.07, 6.45) is -0.149. The maximum Gasteiger partial charge on any atom is 0.234 e. The van der Waals surface area contributed by atoms with Crippen molar-refractivity contribution in [3.05, 3.63) is 24.3 Å². The van der Waals surface area contributed by atoms with Gasteiger partial charge in [0.1, 0.15) is 6.10 Å². The Morgan fingerprint density at radius 1 is 1.23 bits per heavy atom. The highest BCUT2D eigenvalue weighted by Gasteiger charge is 2.09. The van der Waals surface area contributed by atoms with E-state index in [-0.39, 0.29) is 31.0 Å². The van der Waals surface area contributed by atoms with Gasteiger partial charge in [-0.05, 0) is 19.1 Å². The molecule has 0 fully saturated rings. The highest BCUT2D eigenvalue weighted by molar-refractivity contribution is 5.85. The normalized spacial score (nSPS) is 11.2. The van der Waals surface area contributed by atoms with Crippen LogP contribution in [0.25, 0.3) is 0 Å². The number of benzene rings is 1. The minimum absolute atomic E-state index is 0. The summed E-state index contributed by atoms with van der Waals surface area (Å²) >= 11 is 0. The topological polar surface area (TPSA) is 68.8 Å². The Labute approximate surface area is 137 Å². The molecule has 0 aliphatic heterocycles. The molecule has 6 nitrogen and oxygen atoms in total. The maximum absolute atomic E-state index is 11.6. The highest BCUT2D eigenvalue weighted by atomic mass is 35.5. The summed E-state index contributed by atoms with van der Waals surface area (Å²) in [4.78, 5) is 11.6. The van der Waals surface area contributed by atoms with E-state index in [1.807, 2.05) is 31.2 Å². The molecule has 0 aromatic heterocycles. The summed E-state index contributed by atoms with van der Waals surface area (Å²) in [5.41, 5.74) is 0. The second-order valence-corrected chi connectivity index (χ2v) is 4.55. The molecule has 0 saturated carbocycles. The molecule has 1 rings (SSSR count). The lowest BCUT2D eigenvalue weighted by molar-refractivity contribution is -0.120. The minimum Gasteiger partial charge on any atom is -0.493 e. The third kappa shape index (κ3) is 8.07. The average molecular weight is 333 g/mol. The summed E-state index contributed by atoms with van der Waals surface area (Å²) in [7, 11) is 3.22. The predicted octanol–water partition coefficient (Wildman–Crippen LogP) is 1.24. The summed E-state index contributed by atoms with van der Waals surface area (Å²) < 4.78 is 15.8. The minimum atomic E-state index is -0.149. The quantitative estimate of drug-likeness (QED) is 0.631. The Morgan fingerprint density at radius 2 is 1.91 bits per heavy atom. The Balaban J connectivity index is 0.00000441. The van der Waals surface area contributed by atoms with Crippen LogP contribution in [0.4, 0.5) is 0 Å². The number of hydrogen-bond donors (Lipinski definition) is 2. The molecule has 0 aliphatic carbocycles. The van der Waals surface area contributed by atoms with E-state index >= 15 is 0 Å². The van der Waals surface area contributed by atoms with E-state index in [1.54, 1.807) is 14.2 Å². The largest absolute Gasteiger partial charge is 0.493 e. The Kier molecular flexibility index (Phi) is 11.3. The predicted molar refractivity (Wildman–Crippen MR) is 88.1 cm³/mol. The van der Waals surface area contributed by atoms with Gasteiger partial charge in [0, 0.05) is 13.7 Å². The molecule has 0 aliphatic rings. The molecule has 1 aromatic carbocycles. The fourth-order valence-electron chi connectivity index (χ4n) is 1.67. The number of carbonyl (C=O) groups is 1. The molecular weight excluding hydrogens is 308 g/mol. The van der Waals surface area contributed by atoms with Gasteiger partial charge in [-0.3, -0.25) is 4.79 Å². The first-order valence-corrected chi connectivity index (χ1v) is 6.93. The first kappa shape index (κ1) is 20.5. The van der Waals surface area contributed by atoms with Crippen LogP contribution in [0.1, 0.15) is 6.92 Å². The molecule has 0 bridgehead atoms. The van der Waals surface area contributed by atoms with Crippen LogP contribution >= 0.6 is 12.4 Å². The van der Waals surface area contributed by atoms with Gasteiger partial charge in [0.05, 0.1) is 26.8 Å². The number of ether oxygens (including phenoxy) is 3. The SMILES string of the molecule is COCCNCC(=O)NCC(C)Oc1ccccc1OC.Cl. The molecule has 126 valence electrons. The van der Waals surface area contributed by atoms with Gasteiger partial charge in [0.2, 0.25) is 5.91 Å². The molecule has 22 heavy (non-hydrogen) atoms. The fourth-order valence-corrected chi connectivity index (χ4v) is 1.67. The van der Waals surface area contributed by atoms with E-state index in [2.05, 4.69) is 10.6 Å². The van der Waals surface area contributed by atoms with Gasteiger partial charge in [0.15, 0.2) is 11.5 Å².